The molecule has 0 spiro atoms. The van der Waals surface area contributed by atoms with Crippen molar-refractivity contribution in [1.82, 2.24) is 0 Å². The minimum Gasteiger partial charge on any atom is -0.103 e. The van der Waals surface area contributed by atoms with E-state index in [2.05, 4.69) is 34.3 Å². The molecule has 0 saturated carbocycles. The Labute approximate surface area is 100 Å². The summed E-state index contributed by atoms with van der Waals surface area (Å²) in [6.45, 7) is 18.1. The Morgan fingerprint density at radius 2 is 0.867 bits per heavy atom. The molecule has 0 saturated heterocycles. The van der Waals surface area contributed by atoms with Gasteiger partial charge in [0.1, 0.15) is 0 Å². The molecule has 0 heterocycles. The van der Waals surface area contributed by atoms with Gasteiger partial charge in [-0.15, -0.1) is 6.58 Å². The van der Waals surface area contributed by atoms with Crippen molar-refractivity contribution < 1.29 is 0 Å². The Morgan fingerprint density at radius 1 is 0.733 bits per heavy atom. The molecule has 0 bridgehead atoms. The summed E-state index contributed by atoms with van der Waals surface area (Å²) in [5.74, 6) is 0. The lowest BCUT2D eigenvalue weighted by molar-refractivity contribution is 0.772. The number of allylic oxidation sites excluding steroid dienone is 1. The maximum Gasteiger partial charge on any atom is -0.0473 e. The van der Waals surface area contributed by atoms with Crippen molar-refractivity contribution in [2.75, 3.05) is 0 Å². The minimum absolute atomic E-state index is 1.34. The molecule has 0 N–H and O–H groups in total. The summed E-state index contributed by atoms with van der Waals surface area (Å²) < 4.78 is 0. The maximum absolute atomic E-state index is 3.36. The van der Waals surface area contributed by atoms with E-state index >= 15 is 0 Å². The van der Waals surface area contributed by atoms with Crippen LogP contribution in [0.4, 0.5) is 0 Å². The van der Waals surface area contributed by atoms with Gasteiger partial charge in [-0.3, -0.25) is 0 Å². The molecule has 15 heavy (non-hydrogen) atoms. The molecule has 0 fully saturated rings. The number of hydrogen-bond acceptors (Lipinski definition) is 0. The zero-order valence-electron chi connectivity index (χ0n) is 12.5. The lowest BCUT2D eigenvalue weighted by Gasteiger charge is -1.79. The first-order valence-corrected chi connectivity index (χ1v) is 6.81. The van der Waals surface area contributed by atoms with Crippen LogP contribution in [0.5, 0.6) is 0 Å². The topological polar surface area (TPSA) is 0 Å². The van der Waals surface area contributed by atoms with Crippen molar-refractivity contribution in [1.29, 1.82) is 0 Å². The zero-order valence-corrected chi connectivity index (χ0v) is 12.5. The van der Waals surface area contributed by atoms with Crippen molar-refractivity contribution in [3.8, 4) is 0 Å². The van der Waals surface area contributed by atoms with Crippen LogP contribution in [0.2, 0.25) is 0 Å². The molecule has 96 valence electrons. The zero-order chi connectivity index (χ0) is 12.9. The number of rotatable bonds is 4. The van der Waals surface area contributed by atoms with Gasteiger partial charge < -0.3 is 0 Å². The molecule has 0 aliphatic rings. The highest BCUT2D eigenvalue weighted by molar-refractivity contribution is 4.51. The van der Waals surface area contributed by atoms with E-state index in [1.165, 1.54) is 38.5 Å². The van der Waals surface area contributed by atoms with E-state index in [0.717, 1.165) is 0 Å². The molecular formula is C15H36. The maximum atomic E-state index is 3.36. The second-order valence-electron chi connectivity index (χ2n) is 3.12. The van der Waals surface area contributed by atoms with Gasteiger partial charge in [-0.05, 0) is 6.92 Å². The summed E-state index contributed by atoms with van der Waals surface area (Å²) in [5.41, 5.74) is 0. The fourth-order valence-electron chi connectivity index (χ4n) is 0.707. The van der Waals surface area contributed by atoms with Gasteiger partial charge in [0, 0.05) is 0 Å². The molecule has 0 unspecified atom stereocenters. The lowest BCUT2D eigenvalue weighted by atomic mass is 10.3. The number of hydrogen-bond donors (Lipinski definition) is 0. The van der Waals surface area contributed by atoms with Crippen LogP contribution in [0.1, 0.15) is 87.0 Å². The average molecular weight is 216 g/mol. The van der Waals surface area contributed by atoms with Gasteiger partial charge in [0.25, 0.3) is 0 Å². The molecule has 0 aromatic rings. The Hall–Kier alpha value is -0.260. The Kier molecular flexibility index (Phi) is 79.0. The summed E-state index contributed by atoms with van der Waals surface area (Å²) in [6, 6.07) is 0. The van der Waals surface area contributed by atoms with E-state index in [1.54, 1.807) is 6.08 Å². The summed E-state index contributed by atoms with van der Waals surface area (Å²) in [6.07, 6.45) is 9.90. The highest BCUT2D eigenvalue weighted by Crippen LogP contribution is 1.88. The van der Waals surface area contributed by atoms with E-state index in [1.807, 2.05) is 20.8 Å². The summed E-state index contributed by atoms with van der Waals surface area (Å²) >= 11 is 0. The van der Waals surface area contributed by atoms with E-state index < -0.39 is 0 Å². The van der Waals surface area contributed by atoms with E-state index in [-0.39, 0.29) is 0 Å². The first kappa shape index (κ1) is 24.1. The molecule has 0 radical (unpaired) electrons. The van der Waals surface area contributed by atoms with E-state index in [9.17, 15) is 0 Å². The predicted molar refractivity (Wildman–Crippen MR) is 77.6 cm³/mol. The molecule has 0 rings (SSSR count). The Balaban J connectivity index is -0.0000000574. The highest BCUT2D eigenvalue weighted by Gasteiger charge is 1.68. The standard InChI is InChI=1S/2C5H12.C3H6.C2H6/c2*1-3-5-4-2;1-3-2;1-2/h2*3-5H2,1-2H3;3H,1H2,2H3;1-2H3. The minimum atomic E-state index is 1.34. The number of unbranched alkanes of at least 4 members (excludes halogenated alkanes) is 4. The summed E-state index contributed by atoms with van der Waals surface area (Å²) in [5, 5.41) is 0. The average Bonchev–Trinajstić information content (AvgIpc) is 2.25. The Bertz CT molecular complexity index is 45.1. The first-order valence-electron chi connectivity index (χ1n) is 6.81. The largest absolute Gasteiger partial charge is 0.103 e. The van der Waals surface area contributed by atoms with Crippen LogP contribution < -0.4 is 0 Å². The highest BCUT2D eigenvalue weighted by atomic mass is 13.7. The molecule has 0 amide bonds. The molecule has 0 aromatic heterocycles. The van der Waals surface area contributed by atoms with Gasteiger partial charge in [0.05, 0.1) is 0 Å². The quantitative estimate of drug-likeness (QED) is 0.464. The second-order valence-corrected chi connectivity index (χ2v) is 3.12. The Morgan fingerprint density at radius 3 is 0.867 bits per heavy atom. The van der Waals surface area contributed by atoms with Gasteiger partial charge in [0.2, 0.25) is 0 Å². The van der Waals surface area contributed by atoms with Crippen molar-refractivity contribution in [2.45, 2.75) is 87.0 Å². The van der Waals surface area contributed by atoms with Crippen LogP contribution in [0.25, 0.3) is 0 Å². The molecule has 0 heteroatoms. The third-order valence-corrected chi connectivity index (χ3v) is 1.41. The van der Waals surface area contributed by atoms with Crippen molar-refractivity contribution in [3.05, 3.63) is 12.7 Å². The van der Waals surface area contributed by atoms with E-state index in [0.29, 0.717) is 0 Å². The normalized spacial score (nSPS) is 6.87. The first-order chi connectivity index (χ1) is 7.24. The second kappa shape index (κ2) is 49.1. The van der Waals surface area contributed by atoms with Crippen molar-refractivity contribution in [2.24, 2.45) is 0 Å². The monoisotopic (exact) mass is 216 g/mol. The van der Waals surface area contributed by atoms with Crippen LogP contribution in [0, 0.1) is 0 Å². The molecule has 0 aliphatic carbocycles. The van der Waals surface area contributed by atoms with Crippen molar-refractivity contribution in [3.63, 3.8) is 0 Å². The van der Waals surface area contributed by atoms with Crippen LogP contribution >= 0.6 is 0 Å². The van der Waals surface area contributed by atoms with Gasteiger partial charge in [-0.25, -0.2) is 0 Å². The SMILES string of the molecule is C=CC.CC.CCCCC.CCCCC. The summed E-state index contributed by atoms with van der Waals surface area (Å²) in [4.78, 5) is 0. The molecule has 0 aromatic carbocycles. The van der Waals surface area contributed by atoms with Crippen molar-refractivity contribution >= 4 is 0 Å². The van der Waals surface area contributed by atoms with Gasteiger partial charge >= 0.3 is 0 Å². The molecule has 0 atom stereocenters. The van der Waals surface area contributed by atoms with Crippen LogP contribution in [0.3, 0.4) is 0 Å². The predicted octanol–water partition coefficient (Wildman–Crippen LogP) is 6.61. The van der Waals surface area contributed by atoms with E-state index in [4.69, 9.17) is 0 Å². The third kappa shape index (κ3) is 135. The fourth-order valence-corrected chi connectivity index (χ4v) is 0.707. The van der Waals surface area contributed by atoms with Gasteiger partial charge in [0.15, 0.2) is 0 Å². The smallest absolute Gasteiger partial charge is 0.0473 e. The van der Waals surface area contributed by atoms with Gasteiger partial charge in [-0.1, -0.05) is 86.1 Å². The van der Waals surface area contributed by atoms with Gasteiger partial charge in [-0.2, -0.15) is 0 Å². The van der Waals surface area contributed by atoms with Crippen LogP contribution in [-0.4, -0.2) is 0 Å². The molecule has 0 aliphatic heterocycles. The third-order valence-electron chi connectivity index (χ3n) is 1.41. The fraction of sp³-hybridized carbons (Fsp3) is 0.867. The summed E-state index contributed by atoms with van der Waals surface area (Å²) in [7, 11) is 0. The lowest BCUT2D eigenvalue weighted by Crippen LogP contribution is -1.59. The van der Waals surface area contributed by atoms with Crippen LogP contribution in [-0.2, 0) is 0 Å². The van der Waals surface area contributed by atoms with Crippen LogP contribution in [0.15, 0.2) is 12.7 Å². The molecule has 0 nitrogen and oxygen atoms in total. The molecular weight excluding hydrogens is 180 g/mol.